The zero-order valence-electron chi connectivity index (χ0n) is 15.9. The lowest BCUT2D eigenvalue weighted by Crippen LogP contribution is -2.36. The first-order chi connectivity index (χ1) is 13.5. The number of morpholine rings is 1. The van der Waals surface area contributed by atoms with Crippen LogP contribution in [0.1, 0.15) is 32.1 Å². The highest BCUT2D eigenvalue weighted by atomic mass is 32.2. The number of sulfone groups is 1. The molecule has 8 heteroatoms. The summed E-state index contributed by atoms with van der Waals surface area (Å²) in [6, 6.07) is 5.57. The SMILES string of the molecule is Nc1ncc(-c2cc(N3CCOCC3)cc(S(=O)(=O)C3CCCCC3)c2)cn1. The third-order valence-electron chi connectivity index (χ3n) is 5.59. The maximum Gasteiger partial charge on any atom is 0.219 e. The number of ether oxygens (including phenoxy) is 1. The number of aromatic nitrogens is 2. The van der Waals surface area contributed by atoms with Gasteiger partial charge in [0.2, 0.25) is 5.95 Å². The van der Waals surface area contributed by atoms with Crippen LogP contribution in [-0.2, 0) is 14.6 Å². The van der Waals surface area contributed by atoms with Gasteiger partial charge in [0.05, 0.1) is 23.4 Å². The molecule has 0 radical (unpaired) electrons. The van der Waals surface area contributed by atoms with Crippen molar-refractivity contribution in [2.45, 2.75) is 42.2 Å². The Bertz CT molecular complexity index is 919. The first-order valence-corrected chi connectivity index (χ1v) is 11.4. The van der Waals surface area contributed by atoms with E-state index in [0.29, 0.717) is 18.1 Å². The van der Waals surface area contributed by atoms with Crippen molar-refractivity contribution >= 4 is 21.5 Å². The van der Waals surface area contributed by atoms with Crippen LogP contribution in [0.3, 0.4) is 0 Å². The van der Waals surface area contributed by atoms with Crippen LogP contribution in [0.4, 0.5) is 11.6 Å². The Morgan fingerprint density at radius 3 is 2.32 bits per heavy atom. The van der Waals surface area contributed by atoms with E-state index in [4.69, 9.17) is 10.5 Å². The molecule has 0 unspecified atom stereocenters. The molecule has 2 fully saturated rings. The average Bonchev–Trinajstić information content (AvgIpc) is 2.75. The summed E-state index contributed by atoms with van der Waals surface area (Å²) in [6.07, 6.45) is 7.83. The molecule has 2 N–H and O–H groups in total. The minimum atomic E-state index is -3.39. The molecule has 1 aromatic heterocycles. The zero-order chi connectivity index (χ0) is 19.6. The van der Waals surface area contributed by atoms with Crippen molar-refractivity contribution in [1.29, 1.82) is 0 Å². The van der Waals surface area contributed by atoms with Gasteiger partial charge in [-0.05, 0) is 36.6 Å². The summed E-state index contributed by atoms with van der Waals surface area (Å²) in [5, 5.41) is -0.295. The van der Waals surface area contributed by atoms with Gasteiger partial charge in [0, 0.05) is 36.7 Å². The second kappa shape index (κ2) is 8.05. The maximum absolute atomic E-state index is 13.4. The fraction of sp³-hybridized carbons (Fsp3) is 0.500. The van der Waals surface area contributed by atoms with E-state index in [1.807, 2.05) is 12.1 Å². The first kappa shape index (κ1) is 19.1. The summed E-state index contributed by atoms with van der Waals surface area (Å²) in [7, 11) is -3.39. The Balaban J connectivity index is 1.78. The van der Waals surface area contributed by atoms with E-state index in [2.05, 4.69) is 14.9 Å². The predicted octanol–water partition coefficient (Wildman–Crippen LogP) is 2.67. The number of hydrogen-bond donors (Lipinski definition) is 1. The zero-order valence-corrected chi connectivity index (χ0v) is 16.7. The molecule has 7 nitrogen and oxygen atoms in total. The standard InChI is InChI=1S/C20H26N4O3S/c21-20-22-13-16(14-23-20)15-10-17(24-6-8-27-9-7-24)12-19(11-15)28(25,26)18-4-2-1-3-5-18/h10-14,18H,1-9H2,(H2,21,22,23). The Hall–Kier alpha value is -2.19. The van der Waals surface area contributed by atoms with E-state index in [1.54, 1.807) is 18.5 Å². The van der Waals surface area contributed by atoms with Crippen molar-refractivity contribution < 1.29 is 13.2 Å². The molecule has 0 bridgehead atoms. The van der Waals surface area contributed by atoms with Gasteiger partial charge in [0.15, 0.2) is 9.84 Å². The highest BCUT2D eigenvalue weighted by Crippen LogP contribution is 2.34. The number of nitrogens with two attached hydrogens (primary N) is 1. The van der Waals surface area contributed by atoms with Crippen LogP contribution in [0, 0.1) is 0 Å². The Labute approximate surface area is 165 Å². The van der Waals surface area contributed by atoms with Gasteiger partial charge >= 0.3 is 0 Å². The lowest BCUT2D eigenvalue weighted by atomic mass is 10.0. The number of anilines is 2. The molecule has 1 saturated heterocycles. The van der Waals surface area contributed by atoms with Crippen LogP contribution in [0.5, 0.6) is 0 Å². The number of nitrogens with zero attached hydrogens (tertiary/aromatic N) is 3. The van der Waals surface area contributed by atoms with Gasteiger partial charge in [-0.1, -0.05) is 19.3 Å². The molecule has 0 amide bonds. The third kappa shape index (κ3) is 3.98. The summed E-state index contributed by atoms with van der Waals surface area (Å²) in [5.41, 5.74) is 8.05. The van der Waals surface area contributed by atoms with E-state index in [9.17, 15) is 8.42 Å². The highest BCUT2D eigenvalue weighted by Gasteiger charge is 2.30. The van der Waals surface area contributed by atoms with Gasteiger partial charge in [-0.25, -0.2) is 18.4 Å². The number of hydrogen-bond acceptors (Lipinski definition) is 7. The van der Waals surface area contributed by atoms with E-state index in [1.165, 1.54) is 0 Å². The van der Waals surface area contributed by atoms with Crippen molar-refractivity contribution in [3.63, 3.8) is 0 Å². The minimum Gasteiger partial charge on any atom is -0.378 e. The van der Waals surface area contributed by atoms with Crippen molar-refractivity contribution in [3.05, 3.63) is 30.6 Å². The second-order valence-electron chi connectivity index (χ2n) is 7.45. The molecule has 150 valence electrons. The van der Waals surface area contributed by atoms with Gasteiger partial charge in [-0.3, -0.25) is 0 Å². The molecule has 1 aromatic carbocycles. The summed E-state index contributed by atoms with van der Waals surface area (Å²) in [5.74, 6) is 0.197. The second-order valence-corrected chi connectivity index (χ2v) is 9.68. The first-order valence-electron chi connectivity index (χ1n) is 9.83. The van der Waals surface area contributed by atoms with E-state index < -0.39 is 9.84 Å². The predicted molar refractivity (Wildman–Crippen MR) is 109 cm³/mol. The molecular formula is C20H26N4O3S. The van der Waals surface area contributed by atoms with Crippen molar-refractivity contribution in [3.8, 4) is 11.1 Å². The lowest BCUT2D eigenvalue weighted by molar-refractivity contribution is 0.122. The quantitative estimate of drug-likeness (QED) is 0.839. The Kier molecular flexibility index (Phi) is 5.50. The fourth-order valence-electron chi connectivity index (χ4n) is 3.97. The third-order valence-corrected chi connectivity index (χ3v) is 7.83. The Morgan fingerprint density at radius 1 is 0.964 bits per heavy atom. The Morgan fingerprint density at radius 2 is 1.64 bits per heavy atom. The van der Waals surface area contributed by atoms with Crippen LogP contribution >= 0.6 is 0 Å². The van der Waals surface area contributed by atoms with Gasteiger partial charge in [0.25, 0.3) is 0 Å². The van der Waals surface area contributed by atoms with Gasteiger partial charge < -0.3 is 15.4 Å². The van der Waals surface area contributed by atoms with Crippen LogP contribution in [-0.4, -0.2) is 49.9 Å². The molecule has 2 heterocycles. The van der Waals surface area contributed by atoms with E-state index >= 15 is 0 Å². The topological polar surface area (TPSA) is 98.4 Å². The van der Waals surface area contributed by atoms with Crippen LogP contribution in [0.15, 0.2) is 35.5 Å². The molecule has 2 aliphatic rings. The van der Waals surface area contributed by atoms with E-state index in [0.717, 1.165) is 62.0 Å². The highest BCUT2D eigenvalue weighted by molar-refractivity contribution is 7.92. The molecule has 2 aromatic rings. The number of rotatable bonds is 4. The summed E-state index contributed by atoms with van der Waals surface area (Å²) in [6.45, 7) is 2.76. The molecule has 28 heavy (non-hydrogen) atoms. The summed E-state index contributed by atoms with van der Waals surface area (Å²) >= 11 is 0. The fourth-order valence-corrected chi connectivity index (χ4v) is 5.89. The van der Waals surface area contributed by atoms with Crippen molar-refractivity contribution in [1.82, 2.24) is 9.97 Å². The normalized spacial score (nSPS) is 18.9. The van der Waals surface area contributed by atoms with E-state index in [-0.39, 0.29) is 11.2 Å². The van der Waals surface area contributed by atoms with Gasteiger partial charge in [-0.2, -0.15) is 0 Å². The smallest absolute Gasteiger partial charge is 0.219 e. The molecular weight excluding hydrogens is 376 g/mol. The number of benzene rings is 1. The summed E-state index contributed by atoms with van der Waals surface area (Å²) in [4.78, 5) is 10.7. The summed E-state index contributed by atoms with van der Waals surface area (Å²) < 4.78 is 32.2. The molecule has 1 aliphatic heterocycles. The van der Waals surface area contributed by atoms with Gasteiger partial charge in [0.1, 0.15) is 0 Å². The minimum absolute atomic E-state index is 0.197. The number of nitrogen functional groups attached to an aromatic ring is 1. The van der Waals surface area contributed by atoms with Crippen LogP contribution in [0.25, 0.3) is 11.1 Å². The molecule has 1 saturated carbocycles. The van der Waals surface area contributed by atoms with Crippen LogP contribution in [0.2, 0.25) is 0 Å². The molecule has 0 atom stereocenters. The largest absolute Gasteiger partial charge is 0.378 e. The molecule has 1 aliphatic carbocycles. The van der Waals surface area contributed by atoms with Crippen molar-refractivity contribution in [2.75, 3.05) is 36.9 Å². The molecule has 0 spiro atoms. The lowest BCUT2D eigenvalue weighted by Gasteiger charge is -2.30. The van der Waals surface area contributed by atoms with Gasteiger partial charge in [-0.15, -0.1) is 0 Å². The monoisotopic (exact) mass is 402 g/mol. The molecule has 4 rings (SSSR count). The van der Waals surface area contributed by atoms with Crippen molar-refractivity contribution in [2.24, 2.45) is 0 Å². The van der Waals surface area contributed by atoms with Crippen LogP contribution < -0.4 is 10.6 Å². The average molecular weight is 403 g/mol. The maximum atomic E-state index is 13.4.